The summed E-state index contributed by atoms with van der Waals surface area (Å²) in [5.41, 5.74) is 0.371. The monoisotopic (exact) mass is 325 g/mol. The molecule has 0 aliphatic heterocycles. The Labute approximate surface area is 129 Å². The van der Waals surface area contributed by atoms with E-state index in [1.807, 2.05) is 0 Å². The molecular weight excluding hydrogens is 306 g/mol. The fraction of sp³-hybridized carbons (Fsp3) is 0.429. The second kappa shape index (κ2) is 6.45. The van der Waals surface area contributed by atoms with E-state index in [2.05, 4.69) is 10.6 Å². The Morgan fingerprint density at radius 2 is 1.82 bits per heavy atom. The number of carbonyl (C=O) groups excluding carboxylic acids is 2. The Morgan fingerprint density at radius 3 is 2.32 bits per heavy atom. The summed E-state index contributed by atoms with van der Waals surface area (Å²) < 4.78 is 25.7. The molecule has 8 heteroatoms. The Kier molecular flexibility index (Phi) is 4.82. The largest absolute Gasteiger partial charge is 0.355 e. The first kappa shape index (κ1) is 16.4. The molecule has 7 nitrogen and oxygen atoms in total. The van der Waals surface area contributed by atoms with Gasteiger partial charge in [-0.25, -0.2) is 8.42 Å². The third kappa shape index (κ3) is 3.83. The first-order valence-electron chi connectivity index (χ1n) is 6.92. The summed E-state index contributed by atoms with van der Waals surface area (Å²) in [6.07, 6.45) is 1.90. The molecule has 0 bridgehead atoms. The number of amides is 2. The van der Waals surface area contributed by atoms with Crippen molar-refractivity contribution in [3.8, 4) is 0 Å². The Hall–Kier alpha value is -1.93. The topological polar surface area (TPSA) is 95.6 Å². The molecule has 22 heavy (non-hydrogen) atoms. The second-order valence-electron chi connectivity index (χ2n) is 5.21. The molecule has 0 saturated heterocycles. The minimum Gasteiger partial charge on any atom is -0.355 e. The van der Waals surface area contributed by atoms with Crippen LogP contribution in [0.2, 0.25) is 0 Å². The zero-order valence-electron chi connectivity index (χ0n) is 12.5. The van der Waals surface area contributed by atoms with Gasteiger partial charge in [-0.2, -0.15) is 4.31 Å². The van der Waals surface area contributed by atoms with E-state index in [0.717, 1.165) is 17.1 Å². The number of carbonyl (C=O) groups is 2. The van der Waals surface area contributed by atoms with Crippen LogP contribution >= 0.6 is 0 Å². The van der Waals surface area contributed by atoms with E-state index in [4.69, 9.17) is 0 Å². The molecule has 0 unspecified atom stereocenters. The maximum Gasteiger partial charge on any atom is 0.251 e. The highest BCUT2D eigenvalue weighted by Gasteiger charge is 2.27. The summed E-state index contributed by atoms with van der Waals surface area (Å²) in [5.74, 6) is -0.600. The Morgan fingerprint density at radius 1 is 1.23 bits per heavy atom. The lowest BCUT2D eigenvalue weighted by Crippen LogP contribution is -2.39. The molecule has 0 spiro atoms. The zero-order valence-corrected chi connectivity index (χ0v) is 13.3. The average molecular weight is 325 g/mol. The Balaban J connectivity index is 2.07. The van der Waals surface area contributed by atoms with Crippen molar-refractivity contribution in [2.45, 2.75) is 23.8 Å². The molecule has 120 valence electrons. The highest BCUT2D eigenvalue weighted by atomic mass is 32.2. The molecule has 1 aromatic carbocycles. The van der Waals surface area contributed by atoms with Crippen molar-refractivity contribution in [3.63, 3.8) is 0 Å². The summed E-state index contributed by atoms with van der Waals surface area (Å²) in [7, 11) is -0.903. The Bertz CT molecular complexity index is 666. The van der Waals surface area contributed by atoms with Crippen LogP contribution in [-0.2, 0) is 14.8 Å². The SMILES string of the molecule is CNC(=O)c1ccc(S(=O)(=O)N(C)CC(=O)NC2CC2)cc1. The van der Waals surface area contributed by atoms with Crippen LogP contribution in [0.3, 0.4) is 0 Å². The minimum absolute atomic E-state index is 0.0434. The van der Waals surface area contributed by atoms with Gasteiger partial charge >= 0.3 is 0 Å². The summed E-state index contributed by atoms with van der Waals surface area (Å²) in [6.45, 7) is -0.226. The van der Waals surface area contributed by atoms with Gasteiger partial charge in [0.05, 0.1) is 11.4 Å². The van der Waals surface area contributed by atoms with Crippen LogP contribution in [0, 0.1) is 0 Å². The van der Waals surface area contributed by atoms with Crippen molar-refractivity contribution in [2.24, 2.45) is 0 Å². The van der Waals surface area contributed by atoms with E-state index in [1.54, 1.807) is 0 Å². The maximum atomic E-state index is 12.4. The van der Waals surface area contributed by atoms with Gasteiger partial charge in [-0.15, -0.1) is 0 Å². The predicted molar refractivity (Wildman–Crippen MR) is 80.8 cm³/mol. The molecule has 0 atom stereocenters. The third-order valence-corrected chi connectivity index (χ3v) is 5.18. The van der Waals surface area contributed by atoms with Crippen molar-refractivity contribution in [3.05, 3.63) is 29.8 Å². The molecule has 0 heterocycles. The van der Waals surface area contributed by atoms with E-state index in [-0.39, 0.29) is 29.3 Å². The van der Waals surface area contributed by atoms with Crippen molar-refractivity contribution in [1.82, 2.24) is 14.9 Å². The first-order valence-corrected chi connectivity index (χ1v) is 8.36. The van der Waals surface area contributed by atoms with E-state index in [1.165, 1.54) is 38.4 Å². The standard InChI is InChI=1S/C14H19N3O4S/c1-15-14(19)10-3-7-12(8-4-10)22(20,21)17(2)9-13(18)16-11-5-6-11/h3-4,7-8,11H,5-6,9H2,1-2H3,(H,15,19)(H,16,18). The molecule has 2 rings (SSSR count). The number of sulfonamides is 1. The maximum absolute atomic E-state index is 12.4. The molecule has 0 aromatic heterocycles. The highest BCUT2D eigenvalue weighted by Crippen LogP contribution is 2.19. The van der Waals surface area contributed by atoms with Crippen molar-refractivity contribution in [1.29, 1.82) is 0 Å². The number of likely N-dealkylation sites (N-methyl/N-ethyl adjacent to an activating group) is 1. The number of nitrogens with zero attached hydrogens (tertiary/aromatic N) is 1. The summed E-state index contributed by atoms with van der Waals surface area (Å²) >= 11 is 0. The van der Waals surface area contributed by atoms with Crippen LogP contribution in [0.5, 0.6) is 0 Å². The van der Waals surface area contributed by atoms with Gasteiger partial charge in [0.1, 0.15) is 0 Å². The lowest BCUT2D eigenvalue weighted by atomic mass is 10.2. The average Bonchev–Trinajstić information content (AvgIpc) is 3.30. The fourth-order valence-corrected chi connectivity index (χ4v) is 3.02. The number of benzene rings is 1. The smallest absolute Gasteiger partial charge is 0.251 e. The number of rotatable bonds is 6. The highest BCUT2D eigenvalue weighted by molar-refractivity contribution is 7.89. The molecule has 0 radical (unpaired) electrons. The lowest BCUT2D eigenvalue weighted by Gasteiger charge is -2.17. The molecule has 1 aromatic rings. The van der Waals surface area contributed by atoms with Crippen LogP contribution in [-0.4, -0.2) is 51.2 Å². The van der Waals surface area contributed by atoms with Crippen LogP contribution in [0.1, 0.15) is 23.2 Å². The summed E-state index contributed by atoms with van der Waals surface area (Å²) in [6, 6.07) is 5.77. The predicted octanol–water partition coefficient (Wildman–Crippen LogP) is -0.0547. The van der Waals surface area contributed by atoms with Crippen molar-refractivity contribution >= 4 is 21.8 Å². The quantitative estimate of drug-likeness (QED) is 0.766. The van der Waals surface area contributed by atoms with E-state index < -0.39 is 10.0 Å². The van der Waals surface area contributed by atoms with Crippen LogP contribution < -0.4 is 10.6 Å². The summed E-state index contributed by atoms with van der Waals surface area (Å²) in [5, 5.41) is 5.20. The van der Waals surface area contributed by atoms with E-state index >= 15 is 0 Å². The molecule has 1 aliphatic rings. The van der Waals surface area contributed by atoms with Gasteiger partial charge in [-0.3, -0.25) is 9.59 Å². The van der Waals surface area contributed by atoms with E-state index in [0.29, 0.717) is 5.56 Å². The van der Waals surface area contributed by atoms with Gasteiger partial charge in [0.2, 0.25) is 15.9 Å². The number of hydrogen-bond acceptors (Lipinski definition) is 4. The zero-order chi connectivity index (χ0) is 16.3. The van der Waals surface area contributed by atoms with Crippen molar-refractivity contribution in [2.75, 3.05) is 20.6 Å². The van der Waals surface area contributed by atoms with Gasteiger partial charge in [-0.1, -0.05) is 0 Å². The second-order valence-corrected chi connectivity index (χ2v) is 7.25. The van der Waals surface area contributed by atoms with Gasteiger partial charge in [-0.05, 0) is 37.1 Å². The molecule has 1 aliphatic carbocycles. The van der Waals surface area contributed by atoms with Gasteiger partial charge in [0, 0.05) is 25.7 Å². The van der Waals surface area contributed by atoms with Gasteiger partial charge in [0.15, 0.2) is 0 Å². The molecule has 2 N–H and O–H groups in total. The summed E-state index contributed by atoms with van der Waals surface area (Å²) in [4.78, 5) is 23.2. The fourth-order valence-electron chi connectivity index (χ4n) is 1.89. The minimum atomic E-state index is -3.76. The number of hydrogen-bond donors (Lipinski definition) is 2. The van der Waals surface area contributed by atoms with Crippen molar-refractivity contribution < 1.29 is 18.0 Å². The van der Waals surface area contributed by atoms with Gasteiger partial charge in [0.25, 0.3) is 5.91 Å². The lowest BCUT2D eigenvalue weighted by molar-refractivity contribution is -0.121. The number of nitrogens with one attached hydrogen (secondary N) is 2. The normalized spacial score (nSPS) is 14.7. The van der Waals surface area contributed by atoms with Gasteiger partial charge < -0.3 is 10.6 Å². The van der Waals surface area contributed by atoms with Crippen LogP contribution in [0.25, 0.3) is 0 Å². The van der Waals surface area contributed by atoms with E-state index in [9.17, 15) is 18.0 Å². The molecule has 2 amide bonds. The van der Waals surface area contributed by atoms with Crippen LogP contribution in [0.4, 0.5) is 0 Å². The third-order valence-electron chi connectivity index (χ3n) is 3.36. The molecular formula is C14H19N3O4S. The molecule has 1 saturated carbocycles. The first-order chi connectivity index (χ1) is 10.3. The molecule has 1 fully saturated rings. The van der Waals surface area contributed by atoms with Crippen LogP contribution in [0.15, 0.2) is 29.2 Å².